The van der Waals surface area contributed by atoms with Gasteiger partial charge in [0.25, 0.3) is 0 Å². The number of aromatic nitrogens is 1. The van der Waals surface area contributed by atoms with E-state index in [-0.39, 0.29) is 0 Å². The average molecular weight is 268 g/mol. The van der Waals surface area contributed by atoms with E-state index in [1.54, 1.807) is 41.5 Å². The van der Waals surface area contributed by atoms with Crippen molar-refractivity contribution in [3.05, 3.63) is 28.3 Å². The fourth-order valence-corrected chi connectivity index (χ4v) is 3.15. The van der Waals surface area contributed by atoms with E-state index < -0.39 is 0 Å². The van der Waals surface area contributed by atoms with E-state index in [2.05, 4.69) is 11.1 Å². The van der Waals surface area contributed by atoms with Crippen molar-refractivity contribution in [1.82, 2.24) is 4.98 Å². The van der Waals surface area contributed by atoms with Crippen molar-refractivity contribution >= 4 is 40.9 Å². The van der Waals surface area contributed by atoms with Crippen LogP contribution in [0.1, 0.15) is 5.69 Å². The molecule has 0 atom stereocenters. The normalized spacial score (nSPS) is 9.62. The summed E-state index contributed by atoms with van der Waals surface area (Å²) in [5.41, 5.74) is 1.46. The fraction of sp³-hybridized carbons (Fsp3) is 0.273. The van der Waals surface area contributed by atoms with Crippen LogP contribution in [0.3, 0.4) is 0 Å². The van der Waals surface area contributed by atoms with Crippen LogP contribution >= 0.6 is 35.3 Å². The smallest absolute Gasteiger partial charge is 0.103 e. The van der Waals surface area contributed by atoms with Crippen LogP contribution < -0.4 is 0 Å². The van der Waals surface area contributed by atoms with Crippen LogP contribution in [-0.4, -0.2) is 23.8 Å². The van der Waals surface area contributed by atoms with Gasteiger partial charge >= 0.3 is 0 Å². The summed E-state index contributed by atoms with van der Waals surface area (Å²) in [7, 11) is 0. The molecule has 0 bridgehead atoms. The number of hydrogen-bond donors (Lipinski definition) is 0. The predicted molar refractivity (Wildman–Crippen MR) is 75.6 cm³/mol. The molecule has 0 fully saturated rings. The molecule has 1 aromatic rings. The van der Waals surface area contributed by atoms with Gasteiger partial charge in [0.1, 0.15) is 6.07 Å². The van der Waals surface area contributed by atoms with Crippen LogP contribution in [0.5, 0.6) is 0 Å². The summed E-state index contributed by atoms with van der Waals surface area (Å²) in [5, 5.41) is 9.25. The minimum absolute atomic E-state index is 0.671. The molecule has 0 N–H and O–H groups in total. The van der Waals surface area contributed by atoms with Gasteiger partial charge in [0, 0.05) is 11.1 Å². The predicted octanol–water partition coefficient (Wildman–Crippen LogP) is 3.72. The Hall–Kier alpha value is -0.570. The number of thioether (sulfide) groups is 3. The van der Waals surface area contributed by atoms with Crippen molar-refractivity contribution in [1.29, 1.82) is 5.26 Å². The molecule has 1 rings (SSSR count). The highest BCUT2D eigenvalue weighted by Gasteiger charge is 2.12. The maximum absolute atomic E-state index is 9.25. The summed E-state index contributed by atoms with van der Waals surface area (Å²) >= 11 is 4.79. The van der Waals surface area contributed by atoms with Crippen molar-refractivity contribution in [2.75, 3.05) is 18.8 Å². The molecule has 0 aromatic carbocycles. The summed E-state index contributed by atoms with van der Waals surface area (Å²) in [6, 6.07) is 6.14. The van der Waals surface area contributed by atoms with Gasteiger partial charge < -0.3 is 0 Å². The Morgan fingerprint density at radius 3 is 2.50 bits per heavy atom. The van der Waals surface area contributed by atoms with Crippen molar-refractivity contribution in [3.8, 4) is 6.07 Å². The topological polar surface area (TPSA) is 36.7 Å². The second kappa shape index (κ2) is 6.89. The van der Waals surface area contributed by atoms with Gasteiger partial charge in [-0.2, -0.15) is 5.26 Å². The molecule has 0 amide bonds. The first-order valence-electron chi connectivity index (χ1n) is 4.50. The van der Waals surface area contributed by atoms with Gasteiger partial charge in [-0.15, -0.1) is 35.3 Å². The molecule has 16 heavy (non-hydrogen) atoms. The van der Waals surface area contributed by atoms with E-state index in [1.807, 2.05) is 30.9 Å². The van der Waals surface area contributed by atoms with Crippen LogP contribution in [0, 0.1) is 11.3 Å². The van der Waals surface area contributed by atoms with Crippen molar-refractivity contribution in [3.63, 3.8) is 0 Å². The highest BCUT2D eigenvalue weighted by atomic mass is 32.2. The van der Waals surface area contributed by atoms with Gasteiger partial charge in [0.15, 0.2) is 0 Å². The Morgan fingerprint density at radius 1 is 1.31 bits per heavy atom. The van der Waals surface area contributed by atoms with Gasteiger partial charge in [-0.3, -0.25) is 4.98 Å². The molecule has 0 aliphatic carbocycles. The molecule has 0 aliphatic rings. The maximum atomic E-state index is 9.25. The Bertz CT molecular complexity index is 429. The van der Waals surface area contributed by atoms with Gasteiger partial charge in [0.05, 0.1) is 15.5 Å². The summed E-state index contributed by atoms with van der Waals surface area (Å²) in [6.07, 6.45) is 7.67. The minimum Gasteiger partial charge on any atom is -0.254 e. The molecule has 5 heteroatoms. The third-order valence-electron chi connectivity index (χ3n) is 1.91. The highest BCUT2D eigenvalue weighted by molar-refractivity contribution is 8.21. The monoisotopic (exact) mass is 268 g/mol. The summed E-state index contributed by atoms with van der Waals surface area (Å²) in [6.45, 7) is 0. The van der Waals surface area contributed by atoms with Crippen LogP contribution in [0.15, 0.2) is 27.5 Å². The first-order valence-corrected chi connectivity index (χ1v) is 8.17. The number of nitriles is 1. The molecule has 0 saturated carbocycles. The molecule has 0 saturated heterocycles. The first-order chi connectivity index (χ1) is 7.78. The third kappa shape index (κ3) is 2.97. The molecule has 0 spiro atoms. The molecule has 0 unspecified atom stereocenters. The van der Waals surface area contributed by atoms with Gasteiger partial charge in [-0.1, -0.05) is 0 Å². The largest absolute Gasteiger partial charge is 0.254 e. The molecule has 0 radical (unpaired) electrons. The standard InChI is InChI=1S/C11H12N2S3/c1-14-9-5-4-6-13-10(9)8(7-12)11(15-2)16-3/h4-6H,1-3H3. The van der Waals surface area contributed by atoms with E-state index in [0.717, 1.165) is 14.8 Å². The van der Waals surface area contributed by atoms with E-state index in [1.165, 1.54) is 0 Å². The van der Waals surface area contributed by atoms with E-state index in [0.29, 0.717) is 5.57 Å². The molecule has 84 valence electrons. The summed E-state index contributed by atoms with van der Waals surface area (Å²) < 4.78 is 1.01. The Morgan fingerprint density at radius 2 is 2.00 bits per heavy atom. The molecule has 1 aromatic heterocycles. The quantitative estimate of drug-likeness (QED) is 0.614. The van der Waals surface area contributed by atoms with Crippen LogP contribution in [0.4, 0.5) is 0 Å². The molecule has 1 heterocycles. The van der Waals surface area contributed by atoms with Crippen molar-refractivity contribution in [2.24, 2.45) is 0 Å². The zero-order valence-corrected chi connectivity index (χ0v) is 11.8. The van der Waals surface area contributed by atoms with Crippen LogP contribution in [0.2, 0.25) is 0 Å². The summed E-state index contributed by atoms with van der Waals surface area (Å²) in [5.74, 6) is 0. The Balaban J connectivity index is 3.35. The number of hydrogen-bond acceptors (Lipinski definition) is 5. The second-order valence-electron chi connectivity index (χ2n) is 2.74. The SMILES string of the molecule is CSC(SC)=C(C#N)c1ncccc1SC. The van der Waals surface area contributed by atoms with E-state index in [9.17, 15) is 5.26 Å². The number of allylic oxidation sites excluding steroid dienone is 1. The Labute approximate surface area is 109 Å². The molecule has 0 aliphatic heterocycles. The third-order valence-corrected chi connectivity index (χ3v) is 4.83. The molecular formula is C11H12N2S3. The molecular weight excluding hydrogens is 256 g/mol. The number of rotatable bonds is 4. The zero-order chi connectivity index (χ0) is 12.0. The lowest BCUT2D eigenvalue weighted by Crippen LogP contribution is -1.92. The fourth-order valence-electron chi connectivity index (χ4n) is 1.23. The van der Waals surface area contributed by atoms with Crippen molar-refractivity contribution in [2.45, 2.75) is 4.90 Å². The zero-order valence-electron chi connectivity index (χ0n) is 9.35. The maximum Gasteiger partial charge on any atom is 0.103 e. The van der Waals surface area contributed by atoms with E-state index in [4.69, 9.17) is 0 Å². The second-order valence-corrected chi connectivity index (χ2v) is 5.48. The van der Waals surface area contributed by atoms with E-state index >= 15 is 0 Å². The highest BCUT2D eigenvalue weighted by Crippen LogP contribution is 2.34. The van der Waals surface area contributed by atoms with Crippen LogP contribution in [-0.2, 0) is 0 Å². The lowest BCUT2D eigenvalue weighted by atomic mass is 10.2. The average Bonchev–Trinajstić information content (AvgIpc) is 2.35. The van der Waals surface area contributed by atoms with Gasteiger partial charge in [-0.25, -0.2) is 0 Å². The lowest BCUT2D eigenvalue weighted by molar-refractivity contribution is 1.19. The first kappa shape index (κ1) is 13.5. The number of pyridine rings is 1. The van der Waals surface area contributed by atoms with Crippen molar-refractivity contribution < 1.29 is 0 Å². The van der Waals surface area contributed by atoms with Crippen LogP contribution in [0.25, 0.3) is 5.57 Å². The minimum atomic E-state index is 0.671. The lowest BCUT2D eigenvalue weighted by Gasteiger charge is -2.07. The van der Waals surface area contributed by atoms with Gasteiger partial charge in [0.2, 0.25) is 0 Å². The molecule has 2 nitrogen and oxygen atoms in total. The summed E-state index contributed by atoms with van der Waals surface area (Å²) in [4.78, 5) is 5.35. The van der Waals surface area contributed by atoms with Gasteiger partial charge in [-0.05, 0) is 30.9 Å². The number of nitrogens with zero attached hydrogens (tertiary/aromatic N) is 2. The Kier molecular flexibility index (Phi) is 5.81.